The van der Waals surface area contributed by atoms with Crippen LogP contribution in [0.2, 0.25) is 5.02 Å². The Hall–Kier alpha value is -1.05. The summed E-state index contributed by atoms with van der Waals surface area (Å²) >= 11 is 11.2. The van der Waals surface area contributed by atoms with Crippen LogP contribution in [0.5, 0.6) is 0 Å². The van der Waals surface area contributed by atoms with Crippen molar-refractivity contribution in [1.82, 2.24) is 0 Å². The Morgan fingerprint density at radius 3 is 2.56 bits per heavy atom. The van der Waals surface area contributed by atoms with E-state index in [2.05, 4.69) is 4.72 Å². The fraction of sp³-hybridized carbons (Fsp3) is 0.333. The number of hydrogen-bond donors (Lipinski definition) is 1. The van der Waals surface area contributed by atoms with Gasteiger partial charge in [-0.15, -0.1) is 11.6 Å². The van der Waals surface area contributed by atoms with Crippen molar-refractivity contribution < 1.29 is 13.3 Å². The highest BCUT2D eigenvalue weighted by Gasteiger charge is 2.14. The molecule has 0 amide bonds. The van der Waals surface area contributed by atoms with Gasteiger partial charge in [-0.25, -0.2) is 8.42 Å². The lowest BCUT2D eigenvalue weighted by atomic mass is 10.3. The molecule has 0 unspecified atom stereocenters. The number of hydrogen-bond acceptors (Lipinski definition) is 4. The van der Waals surface area contributed by atoms with Crippen molar-refractivity contribution in [3.05, 3.63) is 33.3 Å². The van der Waals surface area contributed by atoms with E-state index in [4.69, 9.17) is 23.2 Å². The number of sulfonamides is 1. The van der Waals surface area contributed by atoms with E-state index in [1.807, 2.05) is 0 Å². The SMILES string of the molecule is O=[N+]([O-])c1ccc(NS(=O)(=O)CCCCl)c(Cl)c1. The quantitative estimate of drug-likeness (QED) is 0.496. The minimum Gasteiger partial charge on any atom is -0.282 e. The molecule has 1 aromatic carbocycles. The number of rotatable bonds is 6. The lowest BCUT2D eigenvalue weighted by Gasteiger charge is -2.08. The van der Waals surface area contributed by atoms with Gasteiger partial charge in [0.25, 0.3) is 5.69 Å². The molecular weight excluding hydrogens is 303 g/mol. The van der Waals surface area contributed by atoms with E-state index in [0.29, 0.717) is 6.42 Å². The first-order valence-electron chi connectivity index (χ1n) is 4.86. The fourth-order valence-electron chi connectivity index (χ4n) is 1.16. The summed E-state index contributed by atoms with van der Waals surface area (Å²) in [5.41, 5.74) is -0.0967. The summed E-state index contributed by atoms with van der Waals surface area (Å²) in [5, 5.41) is 10.5. The largest absolute Gasteiger partial charge is 0.282 e. The van der Waals surface area contributed by atoms with E-state index in [-0.39, 0.29) is 28.0 Å². The highest BCUT2D eigenvalue weighted by molar-refractivity contribution is 7.92. The number of halogens is 2. The van der Waals surface area contributed by atoms with Crippen molar-refractivity contribution in [2.45, 2.75) is 6.42 Å². The van der Waals surface area contributed by atoms with Gasteiger partial charge in [0.2, 0.25) is 10.0 Å². The standard InChI is InChI=1S/C9H10Cl2N2O4S/c10-4-1-5-18(16,17)12-9-3-2-7(13(14)15)6-8(9)11/h2-3,6,12H,1,4-5H2. The highest BCUT2D eigenvalue weighted by Crippen LogP contribution is 2.27. The van der Waals surface area contributed by atoms with E-state index < -0.39 is 14.9 Å². The van der Waals surface area contributed by atoms with E-state index in [1.165, 1.54) is 12.1 Å². The Labute approximate surface area is 114 Å². The maximum atomic E-state index is 11.6. The predicted molar refractivity (Wildman–Crippen MR) is 70.9 cm³/mol. The van der Waals surface area contributed by atoms with Gasteiger partial charge in [-0.1, -0.05) is 11.6 Å². The van der Waals surface area contributed by atoms with Gasteiger partial charge in [0, 0.05) is 18.0 Å². The van der Waals surface area contributed by atoms with Gasteiger partial charge in [-0.3, -0.25) is 14.8 Å². The van der Waals surface area contributed by atoms with Crippen LogP contribution in [0.4, 0.5) is 11.4 Å². The predicted octanol–water partition coefficient (Wildman–Crippen LogP) is 2.62. The minimum absolute atomic E-state index is 0.0290. The number of nitrogens with one attached hydrogen (secondary N) is 1. The number of nitro groups is 1. The van der Waals surface area contributed by atoms with Gasteiger partial charge in [0.1, 0.15) is 0 Å². The molecule has 0 aliphatic carbocycles. The van der Waals surface area contributed by atoms with E-state index in [9.17, 15) is 18.5 Å². The first kappa shape index (κ1) is 15.0. The molecule has 0 heterocycles. The molecular formula is C9H10Cl2N2O4S. The number of nitro benzene ring substituents is 1. The summed E-state index contributed by atoms with van der Waals surface area (Å²) in [6.45, 7) is 0. The second-order valence-corrected chi connectivity index (χ2v) is 6.01. The van der Waals surface area contributed by atoms with E-state index in [1.54, 1.807) is 0 Å². The summed E-state index contributed by atoms with van der Waals surface area (Å²) in [4.78, 5) is 9.87. The van der Waals surface area contributed by atoms with Crippen LogP contribution in [0.1, 0.15) is 6.42 Å². The lowest BCUT2D eigenvalue weighted by Crippen LogP contribution is -2.17. The summed E-state index contributed by atoms with van der Waals surface area (Å²) in [5.74, 6) is 0.0960. The molecule has 0 spiro atoms. The molecule has 0 radical (unpaired) electrons. The molecule has 0 fully saturated rings. The molecule has 0 saturated carbocycles. The minimum atomic E-state index is -3.54. The maximum Gasteiger partial charge on any atom is 0.271 e. The third kappa shape index (κ3) is 4.32. The summed E-state index contributed by atoms with van der Waals surface area (Å²) < 4.78 is 25.4. The highest BCUT2D eigenvalue weighted by atomic mass is 35.5. The Bertz CT molecular complexity index is 547. The van der Waals surface area contributed by atoms with Crippen LogP contribution in [0.15, 0.2) is 18.2 Å². The van der Waals surface area contributed by atoms with Crippen molar-refractivity contribution in [3.8, 4) is 0 Å². The number of non-ortho nitro benzene ring substituents is 1. The molecule has 0 aliphatic heterocycles. The average Bonchev–Trinajstić information content (AvgIpc) is 2.29. The topological polar surface area (TPSA) is 89.3 Å². The zero-order valence-corrected chi connectivity index (χ0v) is 11.4. The second-order valence-electron chi connectivity index (χ2n) is 3.38. The molecule has 0 bridgehead atoms. The van der Waals surface area contributed by atoms with Gasteiger partial charge in [0.05, 0.1) is 21.4 Å². The van der Waals surface area contributed by atoms with Crippen LogP contribution < -0.4 is 4.72 Å². The molecule has 1 aromatic rings. The molecule has 0 saturated heterocycles. The zero-order valence-electron chi connectivity index (χ0n) is 9.10. The van der Waals surface area contributed by atoms with Crippen molar-refractivity contribution in [2.24, 2.45) is 0 Å². The normalized spacial score (nSPS) is 11.2. The Kier molecular flexibility index (Phi) is 5.18. The summed E-state index contributed by atoms with van der Waals surface area (Å²) in [6.07, 6.45) is 0.307. The smallest absolute Gasteiger partial charge is 0.271 e. The third-order valence-corrected chi connectivity index (χ3v) is 3.91. The van der Waals surface area contributed by atoms with Crippen LogP contribution in [0, 0.1) is 10.1 Å². The van der Waals surface area contributed by atoms with Gasteiger partial charge in [0.15, 0.2) is 0 Å². The number of nitrogens with zero attached hydrogens (tertiary/aromatic N) is 1. The Balaban J connectivity index is 2.89. The van der Waals surface area contributed by atoms with Crippen LogP contribution >= 0.6 is 23.2 Å². The first-order chi connectivity index (χ1) is 8.35. The monoisotopic (exact) mass is 312 g/mol. The first-order valence-corrected chi connectivity index (χ1v) is 7.42. The van der Waals surface area contributed by atoms with Gasteiger partial charge < -0.3 is 0 Å². The molecule has 0 aliphatic rings. The second kappa shape index (κ2) is 6.21. The Morgan fingerprint density at radius 2 is 2.06 bits per heavy atom. The molecule has 0 aromatic heterocycles. The summed E-state index contributed by atoms with van der Waals surface area (Å²) in [6, 6.07) is 3.50. The molecule has 9 heteroatoms. The van der Waals surface area contributed by atoms with E-state index >= 15 is 0 Å². The molecule has 18 heavy (non-hydrogen) atoms. The molecule has 1 N–H and O–H groups in total. The van der Waals surface area contributed by atoms with Crippen molar-refractivity contribution in [2.75, 3.05) is 16.4 Å². The van der Waals surface area contributed by atoms with Gasteiger partial charge >= 0.3 is 0 Å². The van der Waals surface area contributed by atoms with Crippen molar-refractivity contribution in [1.29, 1.82) is 0 Å². The Morgan fingerprint density at radius 1 is 1.39 bits per heavy atom. The van der Waals surface area contributed by atoms with Crippen molar-refractivity contribution in [3.63, 3.8) is 0 Å². The third-order valence-electron chi connectivity index (χ3n) is 1.98. The fourth-order valence-corrected chi connectivity index (χ4v) is 2.87. The van der Waals surface area contributed by atoms with Crippen LogP contribution in [-0.2, 0) is 10.0 Å². The number of benzene rings is 1. The summed E-state index contributed by atoms with van der Waals surface area (Å²) in [7, 11) is -3.54. The van der Waals surface area contributed by atoms with Crippen LogP contribution in [0.3, 0.4) is 0 Å². The van der Waals surface area contributed by atoms with E-state index in [0.717, 1.165) is 6.07 Å². The van der Waals surface area contributed by atoms with Crippen LogP contribution in [0.25, 0.3) is 0 Å². The van der Waals surface area contributed by atoms with Gasteiger partial charge in [-0.05, 0) is 12.5 Å². The average molecular weight is 313 g/mol. The molecule has 1 rings (SSSR count). The number of anilines is 1. The zero-order chi connectivity index (χ0) is 13.8. The number of alkyl halides is 1. The molecule has 100 valence electrons. The maximum absolute atomic E-state index is 11.6. The van der Waals surface area contributed by atoms with Crippen LogP contribution in [-0.4, -0.2) is 25.0 Å². The molecule has 6 nitrogen and oxygen atoms in total. The lowest BCUT2D eigenvalue weighted by molar-refractivity contribution is -0.384. The van der Waals surface area contributed by atoms with Crippen molar-refractivity contribution >= 4 is 44.6 Å². The molecule has 0 atom stereocenters. The van der Waals surface area contributed by atoms with Gasteiger partial charge in [-0.2, -0.15) is 0 Å².